The molecule has 0 radical (unpaired) electrons. The quantitative estimate of drug-likeness (QED) is 0.891. The van der Waals surface area contributed by atoms with Crippen LogP contribution < -0.4 is 10.5 Å². The van der Waals surface area contributed by atoms with Crippen LogP contribution in [-0.4, -0.2) is 4.98 Å². The first-order chi connectivity index (χ1) is 8.20. The molecule has 1 aromatic carbocycles. The topological polar surface area (TPSA) is 48.1 Å². The zero-order valence-electron chi connectivity index (χ0n) is 8.86. The van der Waals surface area contributed by atoms with Gasteiger partial charge in [-0.15, -0.1) is 0 Å². The summed E-state index contributed by atoms with van der Waals surface area (Å²) in [6, 6.07) is 6.76. The van der Waals surface area contributed by atoms with Crippen LogP contribution in [0, 0.1) is 11.6 Å². The van der Waals surface area contributed by atoms with Gasteiger partial charge in [0.2, 0.25) is 5.88 Å². The molecule has 2 aromatic rings. The molecule has 0 spiro atoms. The lowest BCUT2D eigenvalue weighted by Gasteiger charge is -2.08. The van der Waals surface area contributed by atoms with Crippen LogP contribution in [0.25, 0.3) is 0 Å². The molecule has 3 nitrogen and oxygen atoms in total. The molecule has 0 aliphatic carbocycles. The van der Waals surface area contributed by atoms with E-state index in [9.17, 15) is 8.78 Å². The van der Waals surface area contributed by atoms with E-state index < -0.39 is 11.6 Å². The summed E-state index contributed by atoms with van der Waals surface area (Å²) in [7, 11) is 0. The molecule has 5 heteroatoms. The lowest BCUT2D eigenvalue weighted by molar-refractivity contribution is 0.442. The van der Waals surface area contributed by atoms with Gasteiger partial charge in [-0.2, -0.15) is 0 Å². The van der Waals surface area contributed by atoms with Gasteiger partial charge in [0.15, 0.2) is 11.6 Å². The number of pyridine rings is 1. The van der Waals surface area contributed by atoms with Crippen molar-refractivity contribution in [3.63, 3.8) is 0 Å². The minimum Gasteiger partial charge on any atom is -0.439 e. The van der Waals surface area contributed by atoms with Gasteiger partial charge in [0, 0.05) is 24.4 Å². The number of hydrogen-bond acceptors (Lipinski definition) is 3. The Labute approximate surface area is 96.9 Å². The van der Waals surface area contributed by atoms with E-state index in [0.717, 1.165) is 12.1 Å². The minimum atomic E-state index is -0.965. The van der Waals surface area contributed by atoms with Crippen molar-refractivity contribution in [3.05, 3.63) is 53.7 Å². The van der Waals surface area contributed by atoms with Crippen molar-refractivity contribution in [2.75, 3.05) is 0 Å². The van der Waals surface area contributed by atoms with Gasteiger partial charge in [0.1, 0.15) is 5.75 Å². The van der Waals surface area contributed by atoms with Gasteiger partial charge in [0.25, 0.3) is 0 Å². The monoisotopic (exact) mass is 236 g/mol. The highest BCUT2D eigenvalue weighted by Crippen LogP contribution is 2.23. The first kappa shape index (κ1) is 11.5. The average molecular weight is 236 g/mol. The second-order valence-corrected chi connectivity index (χ2v) is 3.35. The molecule has 0 saturated heterocycles. The summed E-state index contributed by atoms with van der Waals surface area (Å²) in [6.45, 7) is 0.257. The number of halogens is 2. The van der Waals surface area contributed by atoms with E-state index in [2.05, 4.69) is 4.98 Å². The average Bonchev–Trinajstić information content (AvgIpc) is 2.34. The van der Waals surface area contributed by atoms with Crippen molar-refractivity contribution < 1.29 is 13.5 Å². The summed E-state index contributed by atoms with van der Waals surface area (Å²) >= 11 is 0. The number of nitrogens with zero attached hydrogens (tertiary/aromatic N) is 1. The van der Waals surface area contributed by atoms with E-state index in [4.69, 9.17) is 10.5 Å². The van der Waals surface area contributed by atoms with Crippen LogP contribution in [0.15, 0.2) is 36.5 Å². The predicted octanol–water partition coefficient (Wildman–Crippen LogP) is 2.61. The molecule has 0 fully saturated rings. The third kappa shape index (κ3) is 2.57. The van der Waals surface area contributed by atoms with Crippen LogP contribution in [0.1, 0.15) is 5.56 Å². The molecule has 0 unspecified atom stereocenters. The van der Waals surface area contributed by atoms with Crippen LogP contribution in [0.5, 0.6) is 11.6 Å². The van der Waals surface area contributed by atoms with Crippen molar-refractivity contribution >= 4 is 0 Å². The molecule has 0 aliphatic rings. The standard InChI is InChI=1S/C12H10F2N2O/c13-10-4-3-9(6-11(10)14)17-12-8(7-15)2-1-5-16-12/h1-6H,7,15H2. The lowest BCUT2D eigenvalue weighted by atomic mass is 10.2. The van der Waals surface area contributed by atoms with Crippen LogP contribution in [0.4, 0.5) is 8.78 Å². The van der Waals surface area contributed by atoms with Gasteiger partial charge >= 0.3 is 0 Å². The molecular formula is C12H10F2N2O. The summed E-state index contributed by atoms with van der Waals surface area (Å²) < 4.78 is 31.0. The first-order valence-electron chi connectivity index (χ1n) is 4.97. The van der Waals surface area contributed by atoms with E-state index in [0.29, 0.717) is 11.4 Å². The van der Waals surface area contributed by atoms with E-state index in [1.165, 1.54) is 12.3 Å². The number of hydrogen-bond donors (Lipinski definition) is 1. The molecule has 2 rings (SSSR count). The van der Waals surface area contributed by atoms with Crippen LogP contribution in [-0.2, 0) is 6.54 Å². The maximum absolute atomic E-state index is 13.0. The Morgan fingerprint density at radius 2 is 2.00 bits per heavy atom. The van der Waals surface area contributed by atoms with Gasteiger partial charge < -0.3 is 10.5 Å². The summed E-state index contributed by atoms with van der Waals surface area (Å²) in [5.41, 5.74) is 6.20. The van der Waals surface area contributed by atoms with Crippen molar-refractivity contribution in [1.82, 2.24) is 4.98 Å². The number of benzene rings is 1. The fraction of sp³-hybridized carbons (Fsp3) is 0.0833. The SMILES string of the molecule is NCc1cccnc1Oc1ccc(F)c(F)c1. The molecule has 17 heavy (non-hydrogen) atoms. The summed E-state index contributed by atoms with van der Waals surface area (Å²) in [5, 5.41) is 0. The summed E-state index contributed by atoms with van der Waals surface area (Å²) in [6.07, 6.45) is 1.54. The van der Waals surface area contributed by atoms with Gasteiger partial charge in [-0.3, -0.25) is 0 Å². The normalized spacial score (nSPS) is 10.3. The number of ether oxygens (including phenoxy) is 1. The molecule has 0 aliphatic heterocycles. The van der Waals surface area contributed by atoms with Crippen molar-refractivity contribution in [2.45, 2.75) is 6.54 Å². The summed E-state index contributed by atoms with van der Waals surface area (Å²) in [5.74, 6) is -1.41. The van der Waals surface area contributed by atoms with Crippen molar-refractivity contribution in [2.24, 2.45) is 5.73 Å². The highest BCUT2D eigenvalue weighted by molar-refractivity contribution is 5.32. The Morgan fingerprint density at radius 1 is 1.18 bits per heavy atom. The van der Waals surface area contributed by atoms with E-state index in [-0.39, 0.29) is 12.3 Å². The molecule has 88 valence electrons. The molecular weight excluding hydrogens is 226 g/mol. The minimum absolute atomic E-state index is 0.178. The molecule has 1 aromatic heterocycles. The second-order valence-electron chi connectivity index (χ2n) is 3.35. The zero-order chi connectivity index (χ0) is 12.3. The van der Waals surface area contributed by atoms with E-state index >= 15 is 0 Å². The highest BCUT2D eigenvalue weighted by Gasteiger charge is 2.07. The highest BCUT2D eigenvalue weighted by atomic mass is 19.2. The molecule has 0 bridgehead atoms. The largest absolute Gasteiger partial charge is 0.439 e. The van der Waals surface area contributed by atoms with Gasteiger partial charge in [-0.1, -0.05) is 6.07 Å². The third-order valence-electron chi connectivity index (χ3n) is 2.18. The Kier molecular flexibility index (Phi) is 3.30. The predicted molar refractivity (Wildman–Crippen MR) is 58.6 cm³/mol. The maximum Gasteiger partial charge on any atom is 0.223 e. The Balaban J connectivity index is 2.28. The lowest BCUT2D eigenvalue weighted by Crippen LogP contribution is -2.01. The van der Waals surface area contributed by atoms with Gasteiger partial charge in [-0.25, -0.2) is 13.8 Å². The number of rotatable bonds is 3. The molecule has 0 atom stereocenters. The number of aromatic nitrogens is 1. The van der Waals surface area contributed by atoms with Crippen molar-refractivity contribution in [1.29, 1.82) is 0 Å². The van der Waals surface area contributed by atoms with E-state index in [1.54, 1.807) is 12.1 Å². The van der Waals surface area contributed by atoms with Crippen molar-refractivity contribution in [3.8, 4) is 11.6 Å². The van der Waals surface area contributed by atoms with Gasteiger partial charge in [0.05, 0.1) is 0 Å². The maximum atomic E-state index is 13.0. The fourth-order valence-corrected chi connectivity index (χ4v) is 1.32. The fourth-order valence-electron chi connectivity index (χ4n) is 1.32. The van der Waals surface area contributed by atoms with Crippen LogP contribution in [0.3, 0.4) is 0 Å². The number of nitrogens with two attached hydrogens (primary N) is 1. The van der Waals surface area contributed by atoms with Crippen LogP contribution >= 0.6 is 0 Å². The first-order valence-corrected chi connectivity index (χ1v) is 4.97. The molecule has 1 heterocycles. The third-order valence-corrected chi connectivity index (χ3v) is 2.18. The Hall–Kier alpha value is -2.01. The molecule has 2 N–H and O–H groups in total. The smallest absolute Gasteiger partial charge is 0.223 e. The van der Waals surface area contributed by atoms with Gasteiger partial charge in [-0.05, 0) is 18.2 Å². The summed E-state index contributed by atoms with van der Waals surface area (Å²) in [4.78, 5) is 3.98. The van der Waals surface area contributed by atoms with E-state index in [1.807, 2.05) is 0 Å². The van der Waals surface area contributed by atoms with Crippen LogP contribution in [0.2, 0.25) is 0 Å². The molecule has 0 amide bonds. The Morgan fingerprint density at radius 3 is 2.71 bits per heavy atom. The zero-order valence-corrected chi connectivity index (χ0v) is 8.86. The second kappa shape index (κ2) is 4.88. The molecule has 0 saturated carbocycles. The Bertz CT molecular complexity index is 532.